The molecular formula is C39H34Cl2N2O8S. The van der Waals surface area contributed by atoms with E-state index in [1.54, 1.807) is 57.2 Å². The molecular weight excluding hydrogens is 727 g/mol. The number of esters is 2. The van der Waals surface area contributed by atoms with E-state index >= 15 is 0 Å². The van der Waals surface area contributed by atoms with Crippen LogP contribution in [-0.4, -0.2) is 43.4 Å². The van der Waals surface area contributed by atoms with Crippen molar-refractivity contribution >= 4 is 63.3 Å². The molecule has 1 aliphatic rings. The number of halogens is 2. The predicted octanol–water partition coefficient (Wildman–Crippen LogP) is 6.79. The largest absolute Gasteiger partial charge is 0.490 e. The Labute approximate surface area is 313 Å². The van der Waals surface area contributed by atoms with Crippen molar-refractivity contribution in [1.82, 2.24) is 4.57 Å². The average Bonchev–Trinajstić information content (AvgIpc) is 3.43. The molecule has 52 heavy (non-hydrogen) atoms. The van der Waals surface area contributed by atoms with Crippen molar-refractivity contribution in [3.05, 3.63) is 130 Å². The number of methoxy groups -OCH3 is 1. The highest BCUT2D eigenvalue weighted by Gasteiger charge is 2.34. The summed E-state index contributed by atoms with van der Waals surface area (Å²) in [5.74, 6) is -0.234. The third-order valence-electron chi connectivity index (χ3n) is 8.24. The minimum atomic E-state index is -0.914. The normalized spacial score (nSPS) is 14.1. The van der Waals surface area contributed by atoms with Crippen LogP contribution in [0.25, 0.3) is 16.8 Å². The molecule has 268 valence electrons. The summed E-state index contributed by atoms with van der Waals surface area (Å²) in [6, 6.07) is 21.5. The lowest BCUT2D eigenvalue weighted by Gasteiger charge is -2.25. The number of carbonyl (C=O) groups is 2. The van der Waals surface area contributed by atoms with Gasteiger partial charge in [0.15, 0.2) is 28.7 Å². The fourth-order valence-electron chi connectivity index (χ4n) is 5.91. The van der Waals surface area contributed by atoms with Crippen LogP contribution in [0.1, 0.15) is 43.5 Å². The molecule has 2 heterocycles. The summed E-state index contributed by atoms with van der Waals surface area (Å²) in [5.41, 5.74) is 2.30. The first-order chi connectivity index (χ1) is 25.1. The molecule has 5 aromatic rings. The third-order valence-corrected chi connectivity index (χ3v) is 9.79. The quantitative estimate of drug-likeness (QED) is 0.128. The molecule has 0 amide bonds. The highest BCUT2D eigenvalue weighted by Crippen LogP contribution is 2.37. The minimum absolute atomic E-state index is 0.125. The van der Waals surface area contributed by atoms with Gasteiger partial charge >= 0.3 is 11.9 Å². The summed E-state index contributed by atoms with van der Waals surface area (Å²) in [6.07, 6.45) is 1.67. The maximum absolute atomic E-state index is 14.2. The van der Waals surface area contributed by atoms with E-state index in [4.69, 9.17) is 42.1 Å². The number of benzene rings is 4. The van der Waals surface area contributed by atoms with Crippen LogP contribution in [0, 0.1) is 0 Å². The van der Waals surface area contributed by atoms with Gasteiger partial charge in [-0.3, -0.25) is 9.36 Å². The molecule has 0 saturated carbocycles. The van der Waals surface area contributed by atoms with E-state index in [-0.39, 0.29) is 35.4 Å². The van der Waals surface area contributed by atoms with E-state index < -0.39 is 23.5 Å². The molecule has 4 aromatic carbocycles. The van der Waals surface area contributed by atoms with Crippen molar-refractivity contribution in [1.29, 1.82) is 0 Å². The average molecular weight is 762 g/mol. The fourth-order valence-corrected chi connectivity index (χ4v) is 7.56. The number of carbonyl (C=O) groups excluding carboxylic acids is 2. The summed E-state index contributed by atoms with van der Waals surface area (Å²) in [5, 5.41) is 2.73. The third kappa shape index (κ3) is 7.57. The van der Waals surface area contributed by atoms with Gasteiger partial charge in [-0.2, -0.15) is 0 Å². The molecule has 10 nitrogen and oxygen atoms in total. The number of allylic oxidation sites excluding steroid dienone is 1. The van der Waals surface area contributed by atoms with Gasteiger partial charge in [0.25, 0.3) is 5.56 Å². The van der Waals surface area contributed by atoms with Gasteiger partial charge in [-0.25, -0.2) is 14.6 Å². The molecule has 0 unspecified atom stereocenters. The zero-order valence-electron chi connectivity index (χ0n) is 28.7. The second-order valence-corrected chi connectivity index (χ2v) is 13.4. The molecule has 0 aliphatic carbocycles. The number of ether oxygens (including phenoxy) is 5. The lowest BCUT2D eigenvalue weighted by atomic mass is 9.95. The molecule has 0 saturated heterocycles. The molecule has 1 atom stereocenters. The van der Waals surface area contributed by atoms with Crippen LogP contribution in [0.15, 0.2) is 93.9 Å². The number of hydrogen-bond acceptors (Lipinski definition) is 10. The summed E-state index contributed by atoms with van der Waals surface area (Å²) in [7, 11) is 1.26. The number of aromatic nitrogens is 1. The van der Waals surface area contributed by atoms with Crippen LogP contribution in [-0.2, 0) is 25.7 Å². The lowest BCUT2D eigenvalue weighted by molar-refractivity contribution is -0.143. The van der Waals surface area contributed by atoms with Gasteiger partial charge in [-0.05, 0) is 78.6 Å². The van der Waals surface area contributed by atoms with Crippen LogP contribution < -0.4 is 29.1 Å². The number of thiazole rings is 1. The smallest absolute Gasteiger partial charge is 0.343 e. The van der Waals surface area contributed by atoms with Gasteiger partial charge in [-0.15, -0.1) is 0 Å². The Hall–Kier alpha value is -5.10. The lowest BCUT2D eigenvalue weighted by Crippen LogP contribution is -2.40. The van der Waals surface area contributed by atoms with Gasteiger partial charge in [-0.1, -0.05) is 83.1 Å². The molecule has 0 radical (unpaired) electrons. The van der Waals surface area contributed by atoms with Gasteiger partial charge in [0.1, 0.15) is 6.61 Å². The Morgan fingerprint density at radius 3 is 2.40 bits per heavy atom. The number of rotatable bonds is 12. The van der Waals surface area contributed by atoms with E-state index in [0.29, 0.717) is 50.0 Å². The zero-order chi connectivity index (χ0) is 36.9. The van der Waals surface area contributed by atoms with Gasteiger partial charge < -0.3 is 23.7 Å². The molecule has 1 aromatic heterocycles. The predicted molar refractivity (Wildman–Crippen MR) is 200 cm³/mol. The first-order valence-corrected chi connectivity index (χ1v) is 17.9. The van der Waals surface area contributed by atoms with Gasteiger partial charge in [0.2, 0.25) is 0 Å². The SMILES string of the molecule is CCOC(=O)C1=C(C)N=c2s/c(=C\c3cc(Cl)c(OCc4cccc5ccccc45)c(Cl)c3)c(=O)n2[C@H]1c1ccc(OCC(=O)OC)c(OCC)c1. The molecule has 6 rings (SSSR count). The first kappa shape index (κ1) is 36.7. The van der Waals surface area contributed by atoms with Crippen molar-refractivity contribution in [3.8, 4) is 17.2 Å². The minimum Gasteiger partial charge on any atom is -0.490 e. The molecule has 0 spiro atoms. The van der Waals surface area contributed by atoms with Crippen molar-refractivity contribution in [3.63, 3.8) is 0 Å². The summed E-state index contributed by atoms with van der Waals surface area (Å²) < 4.78 is 29.5. The molecule has 0 fully saturated rings. The van der Waals surface area contributed by atoms with Crippen molar-refractivity contribution in [2.75, 3.05) is 26.9 Å². The monoisotopic (exact) mass is 760 g/mol. The fraction of sp³-hybridized carbons (Fsp3) is 0.231. The highest BCUT2D eigenvalue weighted by molar-refractivity contribution is 7.07. The van der Waals surface area contributed by atoms with Crippen LogP contribution in [0.2, 0.25) is 10.0 Å². The maximum Gasteiger partial charge on any atom is 0.343 e. The van der Waals surface area contributed by atoms with Crippen molar-refractivity contribution in [2.24, 2.45) is 4.99 Å². The van der Waals surface area contributed by atoms with Crippen molar-refractivity contribution in [2.45, 2.75) is 33.4 Å². The summed E-state index contributed by atoms with van der Waals surface area (Å²) >= 11 is 14.6. The number of nitrogens with zero attached hydrogens (tertiary/aromatic N) is 2. The molecule has 13 heteroatoms. The second kappa shape index (κ2) is 16.1. The zero-order valence-corrected chi connectivity index (χ0v) is 31.1. The Morgan fingerprint density at radius 2 is 1.67 bits per heavy atom. The first-order valence-electron chi connectivity index (χ1n) is 16.4. The molecule has 1 aliphatic heterocycles. The maximum atomic E-state index is 14.2. The second-order valence-electron chi connectivity index (χ2n) is 11.5. The topological polar surface area (TPSA) is 115 Å². The van der Waals surface area contributed by atoms with Crippen LogP contribution in [0.5, 0.6) is 17.2 Å². The van der Waals surface area contributed by atoms with E-state index in [0.717, 1.165) is 27.7 Å². The van der Waals surface area contributed by atoms with E-state index in [9.17, 15) is 14.4 Å². The molecule has 0 N–H and O–H groups in total. The Bertz CT molecular complexity index is 2370. The van der Waals surface area contributed by atoms with Gasteiger partial charge in [0, 0.05) is 0 Å². The van der Waals surface area contributed by atoms with E-state index in [1.165, 1.54) is 11.7 Å². The Balaban J connectivity index is 1.38. The van der Waals surface area contributed by atoms with Crippen molar-refractivity contribution < 1.29 is 33.3 Å². The Kier molecular flexibility index (Phi) is 11.3. The standard InChI is InChI=1S/C39H34Cl2N2O8S/c1-5-48-31-19-25(14-15-30(31)50-21-33(44)47-4)35-34(38(46)49-6-2)22(3)42-39-43(35)37(45)32(52-39)18-23-16-28(40)36(29(41)17-23)51-20-26-12-9-11-24-10-7-8-13-27(24)26/h7-19,35H,5-6,20-21H2,1-4H3/b32-18-/t35-/m0/s1. The highest BCUT2D eigenvalue weighted by atomic mass is 35.5. The Morgan fingerprint density at radius 1 is 0.923 bits per heavy atom. The van der Waals surface area contributed by atoms with Gasteiger partial charge in [0.05, 0.1) is 52.2 Å². The number of hydrogen-bond donors (Lipinski definition) is 0. The molecule has 0 bridgehead atoms. The van der Waals surface area contributed by atoms with E-state index in [2.05, 4.69) is 9.73 Å². The summed E-state index contributed by atoms with van der Waals surface area (Å²) in [6.45, 7) is 5.54. The summed E-state index contributed by atoms with van der Waals surface area (Å²) in [4.78, 5) is 44.4. The van der Waals surface area contributed by atoms with Crippen LogP contribution in [0.4, 0.5) is 0 Å². The van der Waals surface area contributed by atoms with E-state index in [1.807, 2.05) is 42.5 Å². The number of fused-ring (bicyclic) bond motifs is 2. The van der Waals surface area contributed by atoms with Crippen LogP contribution >= 0.6 is 34.5 Å². The van der Waals surface area contributed by atoms with Crippen LogP contribution in [0.3, 0.4) is 0 Å².